The lowest BCUT2D eigenvalue weighted by atomic mass is 10.1. The molecular formula is C14H26O3. The molecule has 0 radical (unpaired) electrons. The maximum absolute atomic E-state index is 9.70. The zero-order valence-corrected chi connectivity index (χ0v) is 11.7. The van der Waals surface area contributed by atoms with Gasteiger partial charge in [0.1, 0.15) is 0 Å². The van der Waals surface area contributed by atoms with Gasteiger partial charge in [-0.2, -0.15) is 0 Å². The largest absolute Gasteiger partial charge is 0.481 e. The highest BCUT2D eigenvalue weighted by Crippen LogP contribution is 2.05. The Hall–Kier alpha value is -1.09. The number of carboxylic acid groups (broad SMARTS) is 1. The molecule has 0 saturated heterocycles. The standard InChI is InChI=1S/C10H18O.C4H8O2/c1-9(2)5-4-6-10(3)7-8-11;1-3(2)4(5)6/h5,7,11H,4,6,8H2,1-3H3;3H,1-2H3,(H,5,6)/b10-7-;. The number of aliphatic carboxylic acids is 1. The van der Waals surface area contributed by atoms with E-state index >= 15 is 0 Å². The first-order valence-corrected chi connectivity index (χ1v) is 5.93. The van der Waals surface area contributed by atoms with E-state index in [0.29, 0.717) is 0 Å². The van der Waals surface area contributed by atoms with Crippen molar-refractivity contribution < 1.29 is 15.0 Å². The summed E-state index contributed by atoms with van der Waals surface area (Å²) in [5.41, 5.74) is 2.63. The molecule has 0 aliphatic rings. The molecule has 0 aromatic carbocycles. The summed E-state index contributed by atoms with van der Waals surface area (Å²) in [6, 6.07) is 0. The maximum Gasteiger partial charge on any atom is 0.305 e. The molecule has 0 saturated carbocycles. The average Bonchev–Trinajstić information content (AvgIpc) is 2.18. The molecule has 17 heavy (non-hydrogen) atoms. The molecule has 3 heteroatoms. The summed E-state index contributed by atoms with van der Waals surface area (Å²) in [7, 11) is 0. The van der Waals surface area contributed by atoms with Crippen LogP contribution in [0.5, 0.6) is 0 Å². The van der Waals surface area contributed by atoms with Gasteiger partial charge in [-0.1, -0.05) is 37.1 Å². The van der Waals surface area contributed by atoms with E-state index in [1.807, 2.05) is 6.08 Å². The van der Waals surface area contributed by atoms with E-state index in [0.717, 1.165) is 12.8 Å². The molecule has 0 aliphatic heterocycles. The van der Waals surface area contributed by atoms with Crippen LogP contribution in [0, 0.1) is 5.92 Å². The lowest BCUT2D eigenvalue weighted by molar-refractivity contribution is -0.140. The quantitative estimate of drug-likeness (QED) is 0.726. The highest BCUT2D eigenvalue weighted by Gasteiger charge is 1.99. The van der Waals surface area contributed by atoms with Gasteiger partial charge in [-0.3, -0.25) is 4.79 Å². The molecule has 0 atom stereocenters. The molecule has 3 nitrogen and oxygen atoms in total. The smallest absolute Gasteiger partial charge is 0.305 e. The minimum atomic E-state index is -0.741. The number of rotatable bonds is 5. The van der Waals surface area contributed by atoms with E-state index < -0.39 is 5.97 Å². The van der Waals surface area contributed by atoms with Gasteiger partial charge in [0.25, 0.3) is 0 Å². The van der Waals surface area contributed by atoms with Crippen molar-refractivity contribution in [3.63, 3.8) is 0 Å². The van der Waals surface area contributed by atoms with Crippen LogP contribution < -0.4 is 0 Å². The third-order valence-electron chi connectivity index (χ3n) is 2.02. The van der Waals surface area contributed by atoms with Crippen LogP contribution >= 0.6 is 0 Å². The zero-order chi connectivity index (χ0) is 13.8. The number of hydrogen-bond donors (Lipinski definition) is 2. The van der Waals surface area contributed by atoms with E-state index in [4.69, 9.17) is 10.2 Å². The Balaban J connectivity index is 0. The first kappa shape index (κ1) is 18.3. The van der Waals surface area contributed by atoms with Crippen molar-refractivity contribution in [2.24, 2.45) is 5.92 Å². The molecule has 0 spiro atoms. The summed E-state index contributed by atoms with van der Waals surface area (Å²) >= 11 is 0. The van der Waals surface area contributed by atoms with Gasteiger partial charge in [-0.25, -0.2) is 0 Å². The SMILES string of the molecule is CC(C)=CCC/C(C)=C\CO.CC(C)C(=O)O. The van der Waals surface area contributed by atoms with Gasteiger partial charge < -0.3 is 10.2 Å². The third-order valence-corrected chi connectivity index (χ3v) is 2.02. The molecule has 0 unspecified atom stereocenters. The van der Waals surface area contributed by atoms with Gasteiger partial charge in [-0.05, 0) is 33.6 Å². The van der Waals surface area contributed by atoms with Crippen LogP contribution in [0.15, 0.2) is 23.3 Å². The van der Waals surface area contributed by atoms with Gasteiger partial charge in [0.2, 0.25) is 0 Å². The second-order valence-corrected chi connectivity index (χ2v) is 4.55. The fourth-order valence-corrected chi connectivity index (χ4v) is 0.846. The predicted octanol–water partition coefficient (Wildman–Crippen LogP) is 3.40. The Morgan fingerprint density at radius 2 is 1.65 bits per heavy atom. The minimum absolute atomic E-state index is 0.167. The summed E-state index contributed by atoms with van der Waals surface area (Å²) in [6.45, 7) is 9.70. The van der Waals surface area contributed by atoms with Gasteiger partial charge in [-0.15, -0.1) is 0 Å². The number of carbonyl (C=O) groups is 1. The van der Waals surface area contributed by atoms with Crippen molar-refractivity contribution in [3.8, 4) is 0 Å². The first-order valence-electron chi connectivity index (χ1n) is 5.93. The highest BCUT2D eigenvalue weighted by atomic mass is 16.4. The van der Waals surface area contributed by atoms with Crippen LogP contribution in [0.4, 0.5) is 0 Å². The van der Waals surface area contributed by atoms with Crippen molar-refractivity contribution in [3.05, 3.63) is 23.3 Å². The molecule has 0 amide bonds. The van der Waals surface area contributed by atoms with Crippen LogP contribution in [-0.2, 0) is 4.79 Å². The minimum Gasteiger partial charge on any atom is -0.481 e. The Kier molecular flexibility index (Phi) is 12.3. The number of hydrogen-bond acceptors (Lipinski definition) is 2. The van der Waals surface area contributed by atoms with Crippen LogP contribution in [0.1, 0.15) is 47.5 Å². The molecular weight excluding hydrogens is 216 g/mol. The maximum atomic E-state index is 9.70. The van der Waals surface area contributed by atoms with Gasteiger partial charge in [0, 0.05) is 0 Å². The van der Waals surface area contributed by atoms with Gasteiger partial charge in [0.15, 0.2) is 0 Å². The predicted molar refractivity (Wildman–Crippen MR) is 72.0 cm³/mol. The topological polar surface area (TPSA) is 57.5 Å². The summed E-state index contributed by atoms with van der Waals surface area (Å²) in [4.78, 5) is 9.70. The summed E-state index contributed by atoms with van der Waals surface area (Å²) in [6.07, 6.45) is 6.23. The van der Waals surface area contributed by atoms with E-state index in [9.17, 15) is 4.79 Å². The van der Waals surface area contributed by atoms with E-state index in [2.05, 4.69) is 26.8 Å². The van der Waals surface area contributed by atoms with Crippen molar-refractivity contribution >= 4 is 5.97 Å². The van der Waals surface area contributed by atoms with E-state index in [-0.39, 0.29) is 12.5 Å². The van der Waals surface area contributed by atoms with E-state index in [1.165, 1.54) is 11.1 Å². The number of carboxylic acids is 1. The Bertz CT molecular complexity index is 259. The first-order chi connectivity index (χ1) is 7.81. The lowest BCUT2D eigenvalue weighted by Crippen LogP contribution is -2.03. The Morgan fingerprint density at radius 1 is 1.18 bits per heavy atom. The number of aliphatic hydroxyl groups excluding tert-OH is 1. The third kappa shape index (κ3) is 17.5. The number of aliphatic hydroxyl groups is 1. The van der Waals surface area contributed by atoms with Crippen LogP contribution in [0.25, 0.3) is 0 Å². The normalized spacial score (nSPS) is 10.6. The molecule has 2 N–H and O–H groups in total. The molecule has 100 valence electrons. The Morgan fingerprint density at radius 3 is 1.94 bits per heavy atom. The zero-order valence-electron chi connectivity index (χ0n) is 11.7. The van der Waals surface area contributed by atoms with Crippen molar-refractivity contribution in [2.75, 3.05) is 6.61 Å². The van der Waals surface area contributed by atoms with Crippen molar-refractivity contribution in [1.82, 2.24) is 0 Å². The Labute approximate surface area is 105 Å². The summed E-state index contributed by atoms with van der Waals surface area (Å²) < 4.78 is 0. The van der Waals surface area contributed by atoms with Crippen molar-refractivity contribution in [2.45, 2.75) is 47.5 Å². The molecule has 0 aromatic heterocycles. The average molecular weight is 242 g/mol. The monoisotopic (exact) mass is 242 g/mol. The number of allylic oxidation sites excluding steroid dienone is 3. The fourth-order valence-electron chi connectivity index (χ4n) is 0.846. The molecule has 0 fully saturated rings. The van der Waals surface area contributed by atoms with Crippen LogP contribution in [-0.4, -0.2) is 22.8 Å². The molecule has 0 aromatic rings. The molecule has 0 aliphatic carbocycles. The molecule has 0 bridgehead atoms. The lowest BCUT2D eigenvalue weighted by Gasteiger charge is -1.96. The van der Waals surface area contributed by atoms with Crippen molar-refractivity contribution in [1.29, 1.82) is 0 Å². The van der Waals surface area contributed by atoms with Gasteiger partial charge >= 0.3 is 5.97 Å². The fraction of sp³-hybridized carbons (Fsp3) is 0.643. The van der Waals surface area contributed by atoms with Crippen LogP contribution in [0.2, 0.25) is 0 Å². The molecule has 0 rings (SSSR count). The van der Waals surface area contributed by atoms with Crippen LogP contribution in [0.3, 0.4) is 0 Å². The summed E-state index contributed by atoms with van der Waals surface area (Å²) in [5, 5.41) is 16.5. The van der Waals surface area contributed by atoms with Gasteiger partial charge in [0.05, 0.1) is 12.5 Å². The van der Waals surface area contributed by atoms with E-state index in [1.54, 1.807) is 13.8 Å². The summed E-state index contributed by atoms with van der Waals surface area (Å²) in [5.74, 6) is -0.972. The second-order valence-electron chi connectivity index (χ2n) is 4.55. The second kappa shape index (κ2) is 11.4. The molecule has 0 heterocycles. The highest BCUT2D eigenvalue weighted by molar-refractivity contribution is 5.68.